The van der Waals surface area contributed by atoms with E-state index in [2.05, 4.69) is 10.2 Å². The summed E-state index contributed by atoms with van der Waals surface area (Å²) in [6.45, 7) is 2.09. The highest BCUT2D eigenvalue weighted by atomic mass is 16.7. The van der Waals surface area contributed by atoms with Crippen LogP contribution in [0.15, 0.2) is 42.5 Å². The SMILES string of the molecule is COC1CCN(c2ccc(NC(=O)c3ccc4c(c3)OCO4)cc2)C1. The van der Waals surface area contributed by atoms with E-state index in [1.54, 1.807) is 25.3 Å². The molecule has 1 unspecified atom stereocenters. The van der Waals surface area contributed by atoms with Gasteiger partial charge in [-0.15, -0.1) is 0 Å². The van der Waals surface area contributed by atoms with E-state index >= 15 is 0 Å². The largest absolute Gasteiger partial charge is 0.454 e. The Morgan fingerprint density at radius 3 is 2.72 bits per heavy atom. The maximum absolute atomic E-state index is 12.4. The zero-order valence-electron chi connectivity index (χ0n) is 14.0. The highest BCUT2D eigenvalue weighted by molar-refractivity contribution is 6.04. The number of carbonyl (C=O) groups is 1. The third-order valence-corrected chi connectivity index (χ3v) is 4.60. The Morgan fingerprint density at radius 1 is 1.16 bits per heavy atom. The topological polar surface area (TPSA) is 60.0 Å². The number of nitrogens with one attached hydrogen (secondary N) is 1. The molecule has 2 aliphatic heterocycles. The molecule has 2 heterocycles. The molecule has 2 aromatic rings. The van der Waals surface area contributed by atoms with E-state index < -0.39 is 0 Å². The summed E-state index contributed by atoms with van der Waals surface area (Å²) in [5, 5.41) is 2.91. The lowest BCUT2D eigenvalue weighted by atomic mass is 10.2. The van der Waals surface area contributed by atoms with Gasteiger partial charge >= 0.3 is 0 Å². The van der Waals surface area contributed by atoms with Gasteiger partial charge in [0.05, 0.1) is 6.10 Å². The highest BCUT2D eigenvalue weighted by Gasteiger charge is 2.22. The van der Waals surface area contributed by atoms with Gasteiger partial charge in [0.1, 0.15) is 0 Å². The number of carbonyl (C=O) groups excluding carboxylic acids is 1. The Morgan fingerprint density at radius 2 is 1.96 bits per heavy atom. The van der Waals surface area contributed by atoms with Crippen LogP contribution < -0.4 is 19.7 Å². The minimum absolute atomic E-state index is 0.174. The quantitative estimate of drug-likeness (QED) is 0.927. The number of amides is 1. The molecule has 25 heavy (non-hydrogen) atoms. The summed E-state index contributed by atoms with van der Waals surface area (Å²) in [4.78, 5) is 14.7. The smallest absolute Gasteiger partial charge is 0.255 e. The number of anilines is 2. The van der Waals surface area contributed by atoms with Crippen molar-refractivity contribution in [3.8, 4) is 11.5 Å². The van der Waals surface area contributed by atoms with E-state index in [1.807, 2.05) is 24.3 Å². The summed E-state index contributed by atoms with van der Waals surface area (Å²) in [6, 6.07) is 13.1. The van der Waals surface area contributed by atoms with Gasteiger partial charge in [-0.3, -0.25) is 4.79 Å². The molecule has 0 aromatic heterocycles. The third kappa shape index (κ3) is 3.25. The molecule has 2 aromatic carbocycles. The van der Waals surface area contributed by atoms with Gasteiger partial charge in [0.25, 0.3) is 5.91 Å². The maximum Gasteiger partial charge on any atom is 0.255 e. The second kappa shape index (κ2) is 6.64. The van der Waals surface area contributed by atoms with Crippen LogP contribution in [0.25, 0.3) is 0 Å². The zero-order chi connectivity index (χ0) is 17.2. The van der Waals surface area contributed by atoms with E-state index in [0.717, 1.165) is 30.9 Å². The van der Waals surface area contributed by atoms with E-state index in [9.17, 15) is 4.79 Å². The van der Waals surface area contributed by atoms with Crippen LogP contribution in [0.1, 0.15) is 16.8 Å². The number of fused-ring (bicyclic) bond motifs is 1. The predicted octanol–water partition coefficient (Wildman–Crippen LogP) is 2.89. The third-order valence-electron chi connectivity index (χ3n) is 4.60. The molecular formula is C19H20N2O4. The number of rotatable bonds is 4. The Bertz CT molecular complexity index is 775. The van der Waals surface area contributed by atoms with Crippen molar-refractivity contribution in [3.63, 3.8) is 0 Å². The molecule has 1 atom stereocenters. The van der Waals surface area contributed by atoms with Gasteiger partial charge in [-0.25, -0.2) is 0 Å². The lowest BCUT2D eigenvalue weighted by Crippen LogP contribution is -2.22. The Kier molecular flexibility index (Phi) is 4.19. The molecule has 6 nitrogen and oxygen atoms in total. The van der Waals surface area contributed by atoms with Gasteiger partial charge in [-0.05, 0) is 48.9 Å². The molecule has 0 spiro atoms. The zero-order valence-corrected chi connectivity index (χ0v) is 14.0. The second-order valence-corrected chi connectivity index (χ2v) is 6.16. The van der Waals surface area contributed by atoms with Crippen molar-refractivity contribution in [2.24, 2.45) is 0 Å². The number of benzene rings is 2. The molecule has 0 radical (unpaired) electrons. The average Bonchev–Trinajstić information content (AvgIpc) is 3.30. The molecule has 130 valence electrons. The Hall–Kier alpha value is -2.73. The first-order valence-corrected chi connectivity index (χ1v) is 8.32. The molecule has 1 N–H and O–H groups in total. The monoisotopic (exact) mass is 340 g/mol. The lowest BCUT2D eigenvalue weighted by Gasteiger charge is -2.18. The van der Waals surface area contributed by atoms with Crippen molar-refractivity contribution in [1.29, 1.82) is 0 Å². The van der Waals surface area contributed by atoms with Crippen molar-refractivity contribution in [1.82, 2.24) is 0 Å². The standard InChI is InChI=1S/C19H20N2O4/c1-23-16-8-9-21(11-16)15-5-3-14(4-6-15)20-19(22)13-2-7-17-18(10-13)25-12-24-17/h2-7,10,16H,8-9,11-12H2,1H3,(H,20,22). The molecule has 0 aliphatic carbocycles. The van der Waals surface area contributed by atoms with Crippen molar-refractivity contribution < 1.29 is 19.0 Å². The van der Waals surface area contributed by atoms with Crippen LogP contribution in [0.4, 0.5) is 11.4 Å². The van der Waals surface area contributed by atoms with Gasteiger partial charge in [-0.1, -0.05) is 0 Å². The van der Waals surface area contributed by atoms with E-state index in [-0.39, 0.29) is 12.7 Å². The molecule has 0 bridgehead atoms. The Balaban J connectivity index is 1.42. The maximum atomic E-state index is 12.4. The van der Waals surface area contributed by atoms with Gasteiger partial charge in [0.2, 0.25) is 6.79 Å². The van der Waals surface area contributed by atoms with Gasteiger partial charge in [0, 0.05) is 37.1 Å². The van der Waals surface area contributed by atoms with Crippen LogP contribution in [0.3, 0.4) is 0 Å². The van der Waals surface area contributed by atoms with Crippen molar-refractivity contribution in [3.05, 3.63) is 48.0 Å². The van der Waals surface area contributed by atoms with Crippen LogP contribution in [-0.4, -0.2) is 39.0 Å². The molecule has 2 aliphatic rings. The van der Waals surface area contributed by atoms with Crippen LogP contribution in [0, 0.1) is 0 Å². The summed E-state index contributed by atoms with van der Waals surface area (Å²) in [7, 11) is 1.75. The fourth-order valence-corrected chi connectivity index (χ4v) is 3.15. The molecule has 1 amide bonds. The number of methoxy groups -OCH3 is 1. The lowest BCUT2D eigenvalue weighted by molar-refractivity contribution is 0.102. The molecule has 1 fully saturated rings. The minimum atomic E-state index is -0.174. The summed E-state index contributed by atoms with van der Waals surface area (Å²) in [5.74, 6) is 1.09. The van der Waals surface area contributed by atoms with Crippen LogP contribution in [0.5, 0.6) is 11.5 Å². The number of ether oxygens (including phenoxy) is 3. The molecule has 6 heteroatoms. The van der Waals surface area contributed by atoms with Crippen LogP contribution in [-0.2, 0) is 4.74 Å². The first-order chi connectivity index (χ1) is 12.2. The van der Waals surface area contributed by atoms with Crippen molar-refractivity contribution >= 4 is 17.3 Å². The first-order valence-electron chi connectivity index (χ1n) is 8.32. The first kappa shape index (κ1) is 15.8. The Labute approximate surface area is 146 Å². The summed E-state index contributed by atoms with van der Waals surface area (Å²) in [6.07, 6.45) is 1.34. The fraction of sp³-hybridized carbons (Fsp3) is 0.316. The predicted molar refractivity (Wildman–Crippen MR) is 94.6 cm³/mol. The average molecular weight is 340 g/mol. The van der Waals surface area contributed by atoms with Crippen LogP contribution in [0.2, 0.25) is 0 Å². The van der Waals surface area contributed by atoms with E-state index in [0.29, 0.717) is 23.2 Å². The normalized spacial score (nSPS) is 18.4. The van der Waals surface area contributed by atoms with Crippen molar-refractivity contribution in [2.45, 2.75) is 12.5 Å². The highest BCUT2D eigenvalue weighted by Crippen LogP contribution is 2.32. The minimum Gasteiger partial charge on any atom is -0.454 e. The number of hydrogen-bond donors (Lipinski definition) is 1. The van der Waals surface area contributed by atoms with Gasteiger partial charge < -0.3 is 24.4 Å². The fourth-order valence-electron chi connectivity index (χ4n) is 3.15. The number of nitrogens with zero attached hydrogens (tertiary/aromatic N) is 1. The molecule has 0 saturated carbocycles. The summed E-state index contributed by atoms with van der Waals surface area (Å²) >= 11 is 0. The second-order valence-electron chi connectivity index (χ2n) is 6.16. The molecule has 4 rings (SSSR count). The van der Waals surface area contributed by atoms with E-state index in [1.165, 1.54) is 0 Å². The van der Waals surface area contributed by atoms with E-state index in [4.69, 9.17) is 14.2 Å². The molecule has 1 saturated heterocycles. The summed E-state index contributed by atoms with van der Waals surface area (Å²) < 4.78 is 16.0. The molecular weight excluding hydrogens is 320 g/mol. The van der Waals surface area contributed by atoms with Crippen LogP contribution >= 0.6 is 0 Å². The van der Waals surface area contributed by atoms with Gasteiger partial charge in [-0.2, -0.15) is 0 Å². The van der Waals surface area contributed by atoms with Gasteiger partial charge in [0.15, 0.2) is 11.5 Å². The van der Waals surface area contributed by atoms with Crippen molar-refractivity contribution in [2.75, 3.05) is 37.2 Å². The summed E-state index contributed by atoms with van der Waals surface area (Å²) in [5.41, 5.74) is 2.44. The number of hydrogen-bond acceptors (Lipinski definition) is 5.